The lowest BCUT2D eigenvalue weighted by atomic mass is 10.1. The molecule has 0 heterocycles. The Labute approximate surface area is 172 Å². The number of thioether (sulfide) groups is 1. The monoisotopic (exact) mass is 420 g/mol. The Kier molecular flexibility index (Phi) is 7.95. The maximum Gasteiger partial charge on any atom is 0.243 e. The van der Waals surface area contributed by atoms with Gasteiger partial charge in [0.1, 0.15) is 6.04 Å². The number of sulfonamides is 1. The summed E-state index contributed by atoms with van der Waals surface area (Å²) in [4.78, 5) is 13.7. The van der Waals surface area contributed by atoms with Gasteiger partial charge in [0.15, 0.2) is 0 Å². The molecule has 2 aromatic carbocycles. The number of carbonyl (C=O) groups excluding carboxylic acids is 1. The van der Waals surface area contributed by atoms with Crippen LogP contribution >= 0.6 is 11.8 Å². The molecule has 0 aliphatic carbocycles. The van der Waals surface area contributed by atoms with Crippen LogP contribution in [0.3, 0.4) is 0 Å². The molecule has 0 aliphatic rings. The molecule has 2 rings (SSSR count). The Bertz CT molecular complexity index is 879. The number of carbonyl (C=O) groups is 1. The molecule has 0 fully saturated rings. The molecular weight excluding hydrogens is 392 g/mol. The SMILES string of the molecule is CCc1ccc(N([C@H](C)C(=O)NCCSc2ccc(C)cc2)S(C)(=O)=O)cc1. The zero-order chi connectivity index (χ0) is 20.7. The van der Waals surface area contributed by atoms with Crippen LogP contribution in [0.15, 0.2) is 53.4 Å². The number of anilines is 1. The van der Waals surface area contributed by atoms with Gasteiger partial charge in [0.2, 0.25) is 15.9 Å². The highest BCUT2D eigenvalue weighted by molar-refractivity contribution is 7.99. The van der Waals surface area contributed by atoms with Crippen molar-refractivity contribution < 1.29 is 13.2 Å². The van der Waals surface area contributed by atoms with E-state index in [-0.39, 0.29) is 5.91 Å². The molecule has 5 nitrogen and oxygen atoms in total. The summed E-state index contributed by atoms with van der Waals surface area (Å²) in [7, 11) is -3.59. The summed E-state index contributed by atoms with van der Waals surface area (Å²) in [5.41, 5.74) is 2.82. The van der Waals surface area contributed by atoms with E-state index in [9.17, 15) is 13.2 Å². The second-order valence-corrected chi connectivity index (χ2v) is 9.74. The van der Waals surface area contributed by atoms with E-state index in [1.54, 1.807) is 30.8 Å². The van der Waals surface area contributed by atoms with Crippen molar-refractivity contribution in [1.82, 2.24) is 5.32 Å². The first-order valence-corrected chi connectivity index (χ1v) is 12.1. The van der Waals surface area contributed by atoms with Crippen LogP contribution in [-0.2, 0) is 21.2 Å². The van der Waals surface area contributed by atoms with E-state index >= 15 is 0 Å². The predicted octanol–water partition coefficient (Wildman–Crippen LogP) is 3.62. The smallest absolute Gasteiger partial charge is 0.243 e. The van der Waals surface area contributed by atoms with Gasteiger partial charge in [-0.3, -0.25) is 9.10 Å². The number of benzene rings is 2. The molecule has 28 heavy (non-hydrogen) atoms. The van der Waals surface area contributed by atoms with Crippen LogP contribution < -0.4 is 9.62 Å². The van der Waals surface area contributed by atoms with Crippen molar-refractivity contribution in [3.8, 4) is 0 Å². The number of aryl methyl sites for hydroxylation is 2. The molecule has 7 heteroatoms. The lowest BCUT2D eigenvalue weighted by Crippen LogP contribution is -2.48. The zero-order valence-corrected chi connectivity index (χ0v) is 18.4. The van der Waals surface area contributed by atoms with Crippen molar-refractivity contribution in [3.05, 3.63) is 59.7 Å². The molecule has 0 radical (unpaired) electrons. The van der Waals surface area contributed by atoms with Crippen molar-refractivity contribution in [2.24, 2.45) is 0 Å². The fraction of sp³-hybridized carbons (Fsp3) is 0.381. The highest BCUT2D eigenvalue weighted by atomic mass is 32.2. The van der Waals surface area contributed by atoms with Gasteiger partial charge in [-0.1, -0.05) is 36.8 Å². The average molecular weight is 421 g/mol. The Morgan fingerprint density at radius 3 is 2.25 bits per heavy atom. The summed E-state index contributed by atoms with van der Waals surface area (Å²) in [5, 5.41) is 2.84. The van der Waals surface area contributed by atoms with Crippen molar-refractivity contribution in [2.75, 3.05) is 22.9 Å². The second-order valence-electron chi connectivity index (χ2n) is 6.71. The molecule has 0 unspecified atom stereocenters. The molecule has 0 spiro atoms. The minimum absolute atomic E-state index is 0.311. The second kappa shape index (κ2) is 9.98. The molecule has 152 valence electrons. The van der Waals surface area contributed by atoms with Gasteiger partial charge in [-0.15, -0.1) is 11.8 Å². The van der Waals surface area contributed by atoms with Crippen molar-refractivity contribution >= 4 is 33.4 Å². The molecule has 0 aromatic heterocycles. The highest BCUT2D eigenvalue weighted by Crippen LogP contribution is 2.22. The van der Waals surface area contributed by atoms with E-state index in [1.165, 1.54) is 9.87 Å². The van der Waals surface area contributed by atoms with E-state index in [0.29, 0.717) is 18.0 Å². The number of rotatable bonds is 9. The van der Waals surface area contributed by atoms with Crippen LogP contribution in [-0.4, -0.2) is 38.9 Å². The predicted molar refractivity (Wildman–Crippen MR) is 118 cm³/mol. The Hall–Kier alpha value is -1.99. The first kappa shape index (κ1) is 22.3. The van der Waals surface area contributed by atoms with Crippen LogP contribution in [0, 0.1) is 6.92 Å². The number of nitrogens with one attached hydrogen (secondary N) is 1. The van der Waals surface area contributed by atoms with Crippen LogP contribution in [0.4, 0.5) is 5.69 Å². The largest absolute Gasteiger partial charge is 0.353 e. The van der Waals surface area contributed by atoms with Crippen LogP contribution in [0.25, 0.3) is 0 Å². The summed E-state index contributed by atoms with van der Waals surface area (Å²) in [6, 6.07) is 14.6. The molecule has 0 saturated heterocycles. The molecule has 0 saturated carbocycles. The third-order valence-electron chi connectivity index (χ3n) is 4.38. The maximum atomic E-state index is 12.6. The van der Waals surface area contributed by atoms with Crippen molar-refractivity contribution in [3.63, 3.8) is 0 Å². The van der Waals surface area contributed by atoms with Gasteiger partial charge in [0, 0.05) is 17.2 Å². The van der Waals surface area contributed by atoms with E-state index in [1.807, 2.05) is 26.0 Å². The first-order valence-electron chi connectivity index (χ1n) is 9.28. The maximum absolute atomic E-state index is 12.6. The fourth-order valence-corrected chi connectivity index (χ4v) is 4.76. The topological polar surface area (TPSA) is 66.5 Å². The third kappa shape index (κ3) is 6.27. The molecule has 1 N–H and O–H groups in total. The van der Waals surface area contributed by atoms with E-state index < -0.39 is 16.1 Å². The van der Waals surface area contributed by atoms with Gasteiger partial charge in [0.25, 0.3) is 0 Å². The Morgan fingerprint density at radius 2 is 1.71 bits per heavy atom. The van der Waals surface area contributed by atoms with Gasteiger partial charge in [0.05, 0.1) is 11.9 Å². The van der Waals surface area contributed by atoms with Gasteiger partial charge in [-0.05, 0) is 50.1 Å². The van der Waals surface area contributed by atoms with Gasteiger partial charge in [-0.2, -0.15) is 0 Å². The fourth-order valence-electron chi connectivity index (χ4n) is 2.81. The Balaban J connectivity index is 1.97. The lowest BCUT2D eigenvalue weighted by Gasteiger charge is -2.28. The normalized spacial score (nSPS) is 12.4. The molecule has 1 amide bonds. The zero-order valence-electron chi connectivity index (χ0n) is 16.8. The summed E-state index contributed by atoms with van der Waals surface area (Å²) in [6.07, 6.45) is 1.99. The number of hydrogen-bond acceptors (Lipinski definition) is 4. The van der Waals surface area contributed by atoms with E-state index in [2.05, 4.69) is 29.6 Å². The minimum atomic E-state index is -3.59. The standard InChI is InChI=1S/C21H28N2O3S2/c1-5-18-8-10-19(11-9-18)23(28(4,25)26)17(3)21(24)22-14-15-27-20-12-6-16(2)7-13-20/h6-13,17H,5,14-15H2,1-4H3,(H,22,24)/t17-/m1/s1. The van der Waals surface area contributed by atoms with E-state index in [4.69, 9.17) is 0 Å². The number of hydrogen-bond donors (Lipinski definition) is 1. The molecule has 1 atom stereocenters. The van der Waals surface area contributed by atoms with Gasteiger partial charge < -0.3 is 5.32 Å². The average Bonchev–Trinajstić information content (AvgIpc) is 2.66. The van der Waals surface area contributed by atoms with Gasteiger partial charge >= 0.3 is 0 Å². The Morgan fingerprint density at radius 1 is 1.11 bits per heavy atom. The van der Waals surface area contributed by atoms with Crippen LogP contribution in [0.5, 0.6) is 0 Å². The lowest BCUT2D eigenvalue weighted by molar-refractivity contribution is -0.121. The summed E-state index contributed by atoms with van der Waals surface area (Å²) < 4.78 is 25.8. The first-order chi connectivity index (χ1) is 13.2. The molecule has 2 aromatic rings. The van der Waals surface area contributed by atoms with Crippen molar-refractivity contribution in [1.29, 1.82) is 0 Å². The van der Waals surface area contributed by atoms with Crippen LogP contribution in [0.2, 0.25) is 0 Å². The van der Waals surface area contributed by atoms with Crippen LogP contribution in [0.1, 0.15) is 25.0 Å². The molecular formula is C21H28N2O3S2. The highest BCUT2D eigenvalue weighted by Gasteiger charge is 2.28. The summed E-state index contributed by atoms with van der Waals surface area (Å²) in [5.74, 6) is 0.403. The number of amides is 1. The summed E-state index contributed by atoms with van der Waals surface area (Å²) >= 11 is 1.65. The minimum Gasteiger partial charge on any atom is -0.353 e. The molecule has 0 bridgehead atoms. The summed E-state index contributed by atoms with van der Waals surface area (Å²) in [6.45, 7) is 6.15. The quantitative estimate of drug-likeness (QED) is 0.497. The number of nitrogens with zero attached hydrogens (tertiary/aromatic N) is 1. The van der Waals surface area contributed by atoms with Crippen molar-refractivity contribution in [2.45, 2.75) is 38.1 Å². The van der Waals surface area contributed by atoms with E-state index in [0.717, 1.165) is 23.1 Å². The third-order valence-corrected chi connectivity index (χ3v) is 6.63. The van der Waals surface area contributed by atoms with Gasteiger partial charge in [-0.25, -0.2) is 8.42 Å². The molecule has 0 aliphatic heterocycles.